The van der Waals surface area contributed by atoms with Crippen LogP contribution in [-0.2, 0) is 10.0 Å². The lowest BCUT2D eigenvalue weighted by atomic mass is 10.2. The first-order valence-electron chi connectivity index (χ1n) is 10.1. The zero-order chi connectivity index (χ0) is 21.8. The molecule has 3 aromatic rings. The quantitative estimate of drug-likeness (QED) is 0.597. The first-order chi connectivity index (χ1) is 14.9. The number of hydrogen-bond donors (Lipinski definition) is 1. The Bertz CT molecular complexity index is 1140. The minimum Gasteiger partial charge on any atom is -0.368 e. The Morgan fingerprint density at radius 3 is 2.10 bits per heavy atom. The molecule has 1 fully saturated rings. The van der Waals surface area contributed by atoms with Gasteiger partial charge in [-0.1, -0.05) is 30.3 Å². The van der Waals surface area contributed by atoms with Gasteiger partial charge in [-0.25, -0.2) is 13.4 Å². The zero-order valence-corrected chi connectivity index (χ0v) is 18.0. The van der Waals surface area contributed by atoms with Crippen molar-refractivity contribution in [1.29, 1.82) is 0 Å². The van der Waals surface area contributed by atoms with E-state index in [-0.39, 0.29) is 10.7 Å². The largest absolute Gasteiger partial charge is 0.368 e. The number of nitrogens with zero attached hydrogens (tertiary/aromatic N) is 3. The van der Waals surface area contributed by atoms with Crippen LogP contribution in [0.3, 0.4) is 0 Å². The Labute approximate surface area is 182 Å². The van der Waals surface area contributed by atoms with Crippen molar-refractivity contribution in [2.75, 3.05) is 40.7 Å². The van der Waals surface area contributed by atoms with Gasteiger partial charge in [0.05, 0.1) is 16.8 Å². The van der Waals surface area contributed by atoms with Crippen LogP contribution >= 0.6 is 0 Å². The van der Waals surface area contributed by atoms with Crippen LogP contribution in [0.2, 0.25) is 0 Å². The molecule has 2 aromatic carbocycles. The third-order valence-corrected chi connectivity index (χ3v) is 6.69. The number of rotatable bonds is 6. The van der Waals surface area contributed by atoms with Crippen LogP contribution in [0, 0.1) is 0 Å². The highest BCUT2D eigenvalue weighted by molar-refractivity contribution is 7.92. The van der Waals surface area contributed by atoms with Crippen molar-refractivity contribution in [1.82, 2.24) is 4.98 Å². The number of nitrogens with one attached hydrogen (secondary N) is 1. The number of para-hydroxylation sites is 1. The summed E-state index contributed by atoms with van der Waals surface area (Å²) in [4.78, 5) is 20.5. The molecule has 1 N–H and O–H groups in total. The molecule has 0 saturated carbocycles. The number of aromatic nitrogens is 1. The lowest BCUT2D eigenvalue weighted by molar-refractivity contribution is 0.101. The number of carbonyl (C=O) groups is 1. The number of benzene rings is 2. The monoisotopic (exact) mass is 436 g/mol. The highest BCUT2D eigenvalue weighted by Gasteiger charge is 2.19. The Kier molecular flexibility index (Phi) is 5.90. The van der Waals surface area contributed by atoms with Crippen molar-refractivity contribution in [2.24, 2.45) is 0 Å². The number of hydrogen-bond acceptors (Lipinski definition) is 6. The van der Waals surface area contributed by atoms with Gasteiger partial charge < -0.3 is 9.80 Å². The van der Waals surface area contributed by atoms with Gasteiger partial charge in [0.15, 0.2) is 5.78 Å². The third-order valence-electron chi connectivity index (χ3n) is 5.30. The van der Waals surface area contributed by atoms with Gasteiger partial charge in [0.2, 0.25) is 0 Å². The molecule has 0 bridgehead atoms. The summed E-state index contributed by atoms with van der Waals surface area (Å²) in [7, 11) is -3.75. The molecule has 1 saturated heterocycles. The second-order valence-electron chi connectivity index (χ2n) is 7.40. The smallest absolute Gasteiger partial charge is 0.261 e. The molecule has 0 amide bonds. The number of ketones is 1. The lowest BCUT2D eigenvalue weighted by Gasteiger charge is -2.36. The van der Waals surface area contributed by atoms with Gasteiger partial charge in [-0.05, 0) is 43.3 Å². The molecular formula is C23H24N4O3S. The fourth-order valence-corrected chi connectivity index (χ4v) is 4.59. The molecule has 160 valence electrons. The average Bonchev–Trinajstić information content (AvgIpc) is 2.80. The molecule has 0 atom stereocenters. The van der Waals surface area contributed by atoms with Gasteiger partial charge in [0.1, 0.15) is 5.82 Å². The molecule has 0 aliphatic carbocycles. The average molecular weight is 437 g/mol. The second kappa shape index (κ2) is 8.77. The number of piperazine rings is 1. The van der Waals surface area contributed by atoms with E-state index in [2.05, 4.69) is 31.6 Å². The first kappa shape index (κ1) is 20.9. The van der Waals surface area contributed by atoms with Crippen LogP contribution in [0.25, 0.3) is 0 Å². The fourth-order valence-electron chi connectivity index (χ4n) is 3.55. The van der Waals surface area contributed by atoms with Crippen molar-refractivity contribution in [2.45, 2.75) is 11.8 Å². The molecule has 31 heavy (non-hydrogen) atoms. The molecule has 7 nitrogen and oxygen atoms in total. The van der Waals surface area contributed by atoms with Crippen LogP contribution in [-0.4, -0.2) is 45.4 Å². The molecular weight excluding hydrogens is 412 g/mol. The summed E-state index contributed by atoms with van der Waals surface area (Å²) in [6.45, 7) is 4.92. The summed E-state index contributed by atoms with van der Waals surface area (Å²) in [5, 5.41) is 0. The fraction of sp³-hybridized carbons (Fsp3) is 0.217. The van der Waals surface area contributed by atoms with Crippen molar-refractivity contribution >= 4 is 33.0 Å². The Balaban J connectivity index is 1.39. The summed E-state index contributed by atoms with van der Waals surface area (Å²) in [5.41, 5.74) is 2.08. The Morgan fingerprint density at radius 1 is 0.871 bits per heavy atom. The molecule has 0 unspecified atom stereocenters. The van der Waals surface area contributed by atoms with Crippen molar-refractivity contribution in [3.63, 3.8) is 0 Å². The molecule has 0 spiro atoms. The predicted octanol–water partition coefficient (Wildman–Crippen LogP) is 3.41. The molecule has 2 heterocycles. The van der Waals surface area contributed by atoms with E-state index in [0.29, 0.717) is 11.3 Å². The van der Waals surface area contributed by atoms with E-state index >= 15 is 0 Å². The minimum absolute atomic E-state index is 0.0959. The van der Waals surface area contributed by atoms with Crippen LogP contribution in [0.5, 0.6) is 0 Å². The maximum atomic E-state index is 12.6. The summed E-state index contributed by atoms with van der Waals surface area (Å²) in [6, 6.07) is 19.7. The van der Waals surface area contributed by atoms with E-state index in [1.54, 1.807) is 6.07 Å². The number of Topliss-reactive ketones (excluding diaryl/α,β-unsaturated/α-hetero) is 1. The van der Waals surface area contributed by atoms with Gasteiger partial charge >= 0.3 is 0 Å². The van der Waals surface area contributed by atoms with E-state index in [1.807, 2.05) is 24.3 Å². The van der Waals surface area contributed by atoms with Crippen molar-refractivity contribution in [3.8, 4) is 0 Å². The summed E-state index contributed by atoms with van der Waals surface area (Å²) >= 11 is 0. The normalized spacial score (nSPS) is 14.4. The molecule has 0 radical (unpaired) electrons. The van der Waals surface area contributed by atoms with Gasteiger partial charge in [-0.3, -0.25) is 9.52 Å². The third kappa shape index (κ3) is 4.86. The van der Waals surface area contributed by atoms with Crippen LogP contribution in [0.4, 0.5) is 17.2 Å². The van der Waals surface area contributed by atoms with Crippen molar-refractivity contribution < 1.29 is 13.2 Å². The van der Waals surface area contributed by atoms with Crippen LogP contribution in [0.1, 0.15) is 17.3 Å². The van der Waals surface area contributed by atoms with E-state index in [9.17, 15) is 13.2 Å². The summed E-state index contributed by atoms with van der Waals surface area (Å²) in [6.07, 6.45) is 1.53. The second-order valence-corrected chi connectivity index (χ2v) is 9.08. The zero-order valence-electron chi connectivity index (χ0n) is 17.2. The molecule has 1 aliphatic rings. The number of sulfonamides is 1. The summed E-state index contributed by atoms with van der Waals surface area (Å²) < 4.78 is 27.7. The maximum Gasteiger partial charge on any atom is 0.261 e. The SMILES string of the molecule is CC(=O)c1ccc(S(=O)(=O)Nc2ccc(N3CCN(c4ccccc4)CC3)nc2)cc1. The van der Waals surface area contributed by atoms with Crippen molar-refractivity contribution in [3.05, 3.63) is 78.5 Å². The maximum absolute atomic E-state index is 12.6. The standard InChI is InChI=1S/C23H24N4O3S/c1-18(28)19-7-10-22(11-8-19)31(29,30)25-20-9-12-23(24-17-20)27-15-13-26(14-16-27)21-5-3-2-4-6-21/h2-12,17,25H,13-16H2,1H3. The van der Waals surface area contributed by atoms with Gasteiger partial charge in [0.25, 0.3) is 10.0 Å². The number of anilines is 3. The van der Waals surface area contributed by atoms with Gasteiger partial charge in [0, 0.05) is 37.4 Å². The molecule has 1 aromatic heterocycles. The predicted molar refractivity (Wildman–Crippen MR) is 122 cm³/mol. The highest BCUT2D eigenvalue weighted by atomic mass is 32.2. The Hall–Kier alpha value is -3.39. The van der Waals surface area contributed by atoms with E-state index in [4.69, 9.17) is 0 Å². The lowest BCUT2D eigenvalue weighted by Crippen LogP contribution is -2.46. The van der Waals surface area contributed by atoms with Gasteiger partial charge in [-0.2, -0.15) is 0 Å². The minimum atomic E-state index is -3.75. The number of carbonyl (C=O) groups excluding carboxylic acids is 1. The topological polar surface area (TPSA) is 82.6 Å². The van der Waals surface area contributed by atoms with E-state index < -0.39 is 10.0 Å². The first-order valence-corrected chi connectivity index (χ1v) is 11.6. The van der Waals surface area contributed by atoms with E-state index in [0.717, 1.165) is 32.0 Å². The van der Waals surface area contributed by atoms with Crippen LogP contribution < -0.4 is 14.5 Å². The highest BCUT2D eigenvalue weighted by Crippen LogP contribution is 2.21. The van der Waals surface area contributed by atoms with Crippen LogP contribution in [0.15, 0.2) is 77.8 Å². The van der Waals surface area contributed by atoms with Gasteiger partial charge in [-0.15, -0.1) is 0 Å². The number of pyridine rings is 1. The summed E-state index contributed by atoms with van der Waals surface area (Å²) in [5.74, 6) is 0.711. The molecule has 1 aliphatic heterocycles. The molecule has 4 rings (SSSR count). The molecule has 8 heteroatoms. The van der Waals surface area contributed by atoms with E-state index in [1.165, 1.54) is 43.1 Å². The Morgan fingerprint density at radius 2 is 1.52 bits per heavy atom.